The first kappa shape index (κ1) is 25.9. The molecule has 0 aliphatic heterocycles. The van der Waals surface area contributed by atoms with Crippen molar-refractivity contribution in [1.82, 2.24) is 14.5 Å². The van der Waals surface area contributed by atoms with Crippen LogP contribution in [0.3, 0.4) is 0 Å². The summed E-state index contributed by atoms with van der Waals surface area (Å²) >= 11 is 0. The summed E-state index contributed by atoms with van der Waals surface area (Å²) in [7, 11) is 0. The summed E-state index contributed by atoms with van der Waals surface area (Å²) in [6.07, 6.45) is 0. The van der Waals surface area contributed by atoms with Crippen molar-refractivity contribution in [2.45, 2.75) is 0 Å². The van der Waals surface area contributed by atoms with Crippen LogP contribution in [-0.2, 0) is 0 Å². The zero-order valence-electron chi connectivity index (χ0n) is 24.6. The molecule has 0 saturated heterocycles. The molecule has 0 saturated carbocycles. The molecule has 0 atom stereocenters. The highest BCUT2D eigenvalue weighted by Crippen LogP contribution is 2.40. The topological polar surface area (TPSA) is 67.6 Å². The number of hydrogen-bond acceptors (Lipinski definition) is 4. The number of fused-ring (bicyclic) bond motifs is 7. The Kier molecular flexibility index (Phi) is 5.81. The molecule has 5 heteroatoms. The maximum Gasteiger partial charge on any atom is 0.160 e. The Labute approximate surface area is 264 Å². The van der Waals surface area contributed by atoms with Crippen molar-refractivity contribution < 1.29 is 4.42 Å². The highest BCUT2D eigenvalue weighted by Gasteiger charge is 2.19. The first-order valence-electron chi connectivity index (χ1n) is 15.1. The van der Waals surface area contributed by atoms with E-state index in [9.17, 15) is 5.26 Å². The number of hydrogen-bond donors (Lipinski definition) is 0. The molecule has 3 heterocycles. The van der Waals surface area contributed by atoms with E-state index in [4.69, 9.17) is 14.4 Å². The average Bonchev–Trinajstić information content (AvgIpc) is 3.68. The van der Waals surface area contributed by atoms with Crippen LogP contribution in [0.25, 0.3) is 83.3 Å². The zero-order valence-corrected chi connectivity index (χ0v) is 24.6. The molecule has 0 unspecified atom stereocenters. The van der Waals surface area contributed by atoms with Crippen LogP contribution in [0.1, 0.15) is 5.56 Å². The number of nitrogens with zero attached hydrogens (tertiary/aromatic N) is 4. The van der Waals surface area contributed by atoms with Crippen LogP contribution in [0.2, 0.25) is 0 Å². The van der Waals surface area contributed by atoms with Gasteiger partial charge in [0.1, 0.15) is 5.58 Å². The molecular formula is C41H24N4O. The highest BCUT2D eigenvalue weighted by atomic mass is 16.3. The second-order valence-corrected chi connectivity index (χ2v) is 11.4. The Bertz CT molecular complexity index is 2660. The maximum atomic E-state index is 9.56. The van der Waals surface area contributed by atoms with Gasteiger partial charge in [-0.15, -0.1) is 0 Å². The standard InChI is InChI=1S/C41H24N4O/c42-25-26-10-8-13-28(22-26)36-24-35(27-11-2-1-3-12-27)43-41(44-36)29-14-9-15-30(23-29)45-37-18-6-4-16-31(37)33-20-21-34-32-17-5-7-19-38(32)46-40(34)39(33)45/h1-24H. The Morgan fingerprint density at radius 2 is 1.24 bits per heavy atom. The monoisotopic (exact) mass is 588 g/mol. The average molecular weight is 589 g/mol. The van der Waals surface area contributed by atoms with E-state index in [-0.39, 0.29) is 0 Å². The molecular weight excluding hydrogens is 564 g/mol. The lowest BCUT2D eigenvalue weighted by atomic mass is 10.0. The van der Waals surface area contributed by atoms with Gasteiger partial charge in [-0.05, 0) is 48.5 Å². The molecule has 214 valence electrons. The fourth-order valence-electron chi connectivity index (χ4n) is 6.51. The second-order valence-electron chi connectivity index (χ2n) is 11.4. The highest BCUT2D eigenvalue weighted by molar-refractivity contribution is 6.21. The van der Waals surface area contributed by atoms with Crippen LogP contribution in [-0.4, -0.2) is 14.5 Å². The van der Waals surface area contributed by atoms with E-state index in [0.29, 0.717) is 11.4 Å². The van der Waals surface area contributed by atoms with Crippen LogP contribution in [0.15, 0.2) is 150 Å². The van der Waals surface area contributed by atoms with Crippen LogP contribution in [0.5, 0.6) is 0 Å². The normalized spacial score (nSPS) is 11.5. The maximum absolute atomic E-state index is 9.56. The van der Waals surface area contributed by atoms with Gasteiger partial charge in [0.05, 0.1) is 34.1 Å². The summed E-state index contributed by atoms with van der Waals surface area (Å²) in [6, 6.07) is 51.3. The lowest BCUT2D eigenvalue weighted by Gasteiger charge is -2.12. The first-order chi connectivity index (χ1) is 22.7. The van der Waals surface area contributed by atoms with Crippen molar-refractivity contribution in [2.24, 2.45) is 0 Å². The Morgan fingerprint density at radius 3 is 2.11 bits per heavy atom. The van der Waals surface area contributed by atoms with Gasteiger partial charge in [0.25, 0.3) is 0 Å². The van der Waals surface area contributed by atoms with E-state index in [0.717, 1.165) is 77.5 Å². The van der Waals surface area contributed by atoms with E-state index in [1.807, 2.05) is 60.7 Å². The smallest absolute Gasteiger partial charge is 0.160 e. The number of furan rings is 1. The van der Waals surface area contributed by atoms with Crippen LogP contribution >= 0.6 is 0 Å². The first-order valence-corrected chi connectivity index (χ1v) is 15.1. The second kappa shape index (κ2) is 10.3. The van der Waals surface area contributed by atoms with E-state index in [2.05, 4.69) is 89.5 Å². The minimum atomic E-state index is 0.587. The molecule has 0 spiro atoms. The molecule has 0 bridgehead atoms. The van der Waals surface area contributed by atoms with Gasteiger partial charge in [0.2, 0.25) is 0 Å². The van der Waals surface area contributed by atoms with E-state index in [1.165, 1.54) is 0 Å². The fraction of sp³-hybridized carbons (Fsp3) is 0. The number of aromatic nitrogens is 3. The van der Waals surface area contributed by atoms with Crippen molar-refractivity contribution in [1.29, 1.82) is 5.26 Å². The molecule has 3 aromatic heterocycles. The quantitative estimate of drug-likeness (QED) is 0.205. The lowest BCUT2D eigenvalue weighted by molar-refractivity contribution is 0.671. The molecule has 6 aromatic carbocycles. The van der Waals surface area contributed by atoms with Gasteiger partial charge in [-0.2, -0.15) is 5.26 Å². The molecule has 0 amide bonds. The molecule has 46 heavy (non-hydrogen) atoms. The van der Waals surface area contributed by atoms with Gasteiger partial charge in [0, 0.05) is 43.9 Å². The number of nitriles is 1. The molecule has 0 aliphatic carbocycles. The molecule has 0 aliphatic rings. The Balaban J connectivity index is 1.29. The number of rotatable bonds is 4. The summed E-state index contributed by atoms with van der Waals surface area (Å²) in [5.74, 6) is 0.607. The molecule has 0 fully saturated rings. The van der Waals surface area contributed by atoms with Crippen LogP contribution in [0.4, 0.5) is 0 Å². The van der Waals surface area contributed by atoms with E-state index < -0.39 is 0 Å². The van der Waals surface area contributed by atoms with Crippen molar-refractivity contribution in [3.05, 3.63) is 151 Å². The van der Waals surface area contributed by atoms with E-state index >= 15 is 0 Å². The van der Waals surface area contributed by atoms with E-state index in [1.54, 1.807) is 6.07 Å². The minimum absolute atomic E-state index is 0.587. The zero-order chi connectivity index (χ0) is 30.6. The predicted octanol–water partition coefficient (Wildman–Crippen LogP) is 10.3. The van der Waals surface area contributed by atoms with Gasteiger partial charge in [-0.25, -0.2) is 9.97 Å². The SMILES string of the molecule is N#Cc1cccc(-c2cc(-c3ccccc3)nc(-c3cccc(-n4c5ccccc5c5ccc6c7ccccc7oc6c54)c3)n2)c1. The number of benzene rings is 6. The third kappa shape index (κ3) is 4.09. The summed E-state index contributed by atoms with van der Waals surface area (Å²) in [5, 5.41) is 14.0. The Hall–Kier alpha value is -6.51. The Morgan fingerprint density at radius 1 is 0.543 bits per heavy atom. The summed E-state index contributed by atoms with van der Waals surface area (Å²) in [6.45, 7) is 0. The third-order valence-corrected chi connectivity index (χ3v) is 8.63. The molecule has 9 rings (SSSR count). The third-order valence-electron chi connectivity index (χ3n) is 8.63. The summed E-state index contributed by atoms with van der Waals surface area (Å²) in [4.78, 5) is 10.1. The van der Waals surface area contributed by atoms with Gasteiger partial charge in [0.15, 0.2) is 11.4 Å². The molecule has 0 radical (unpaired) electrons. The van der Waals surface area contributed by atoms with Gasteiger partial charge >= 0.3 is 0 Å². The van der Waals surface area contributed by atoms with Crippen LogP contribution < -0.4 is 0 Å². The lowest BCUT2D eigenvalue weighted by Crippen LogP contribution is -1.98. The van der Waals surface area contributed by atoms with Crippen molar-refractivity contribution in [3.8, 4) is 45.7 Å². The van der Waals surface area contributed by atoms with Crippen LogP contribution in [0, 0.1) is 11.3 Å². The van der Waals surface area contributed by atoms with Crippen molar-refractivity contribution in [3.63, 3.8) is 0 Å². The van der Waals surface area contributed by atoms with Gasteiger partial charge in [-0.1, -0.05) is 97.1 Å². The molecule has 5 nitrogen and oxygen atoms in total. The van der Waals surface area contributed by atoms with Crippen molar-refractivity contribution >= 4 is 43.7 Å². The largest absolute Gasteiger partial charge is 0.454 e. The van der Waals surface area contributed by atoms with Gasteiger partial charge < -0.3 is 8.98 Å². The molecule has 9 aromatic rings. The minimum Gasteiger partial charge on any atom is -0.454 e. The summed E-state index contributed by atoms with van der Waals surface area (Å²) in [5.41, 5.74) is 9.74. The fourth-order valence-corrected chi connectivity index (χ4v) is 6.51. The predicted molar refractivity (Wildman–Crippen MR) is 185 cm³/mol. The summed E-state index contributed by atoms with van der Waals surface area (Å²) < 4.78 is 8.84. The van der Waals surface area contributed by atoms with Crippen molar-refractivity contribution in [2.75, 3.05) is 0 Å². The van der Waals surface area contributed by atoms with Gasteiger partial charge in [-0.3, -0.25) is 0 Å². The number of para-hydroxylation sites is 2. The molecule has 0 N–H and O–H groups in total.